The molecule has 1 unspecified atom stereocenters. The van der Waals surface area contributed by atoms with Gasteiger partial charge >= 0.3 is 0 Å². The van der Waals surface area contributed by atoms with E-state index in [-0.39, 0.29) is 0 Å². The van der Waals surface area contributed by atoms with Crippen molar-refractivity contribution in [3.05, 3.63) is 192 Å². The summed E-state index contributed by atoms with van der Waals surface area (Å²) in [4.78, 5) is 2.67. The third-order valence-corrected chi connectivity index (χ3v) is 11.3. The van der Waals surface area contributed by atoms with E-state index in [0.717, 1.165) is 0 Å². The molecule has 46 heavy (non-hydrogen) atoms. The SMILES string of the molecule is c1ccc(C2(c3ccc(-c4cccc5c4Sc4cccc6cccc-5c46)cc3)c3ccccc3-c3cc4ccccc4cc32)cc1. The van der Waals surface area contributed by atoms with Crippen LogP contribution in [0.2, 0.25) is 0 Å². The lowest BCUT2D eigenvalue weighted by Gasteiger charge is -2.34. The highest BCUT2D eigenvalue weighted by Crippen LogP contribution is 2.57. The Kier molecular flexibility index (Phi) is 5.53. The highest BCUT2D eigenvalue weighted by molar-refractivity contribution is 8.00. The molecule has 214 valence electrons. The van der Waals surface area contributed by atoms with Gasteiger partial charge in [-0.15, -0.1) is 0 Å². The molecule has 1 aliphatic carbocycles. The summed E-state index contributed by atoms with van der Waals surface area (Å²) >= 11 is 1.90. The first-order chi connectivity index (χ1) is 22.8. The Hall–Kier alpha value is -5.37. The van der Waals surface area contributed by atoms with Crippen LogP contribution in [0.25, 0.3) is 54.9 Å². The van der Waals surface area contributed by atoms with Gasteiger partial charge in [-0.05, 0) is 90.0 Å². The second kappa shape index (κ2) is 9.81. The maximum atomic E-state index is 2.44. The molecule has 0 aromatic heterocycles. The second-order valence-electron chi connectivity index (χ2n) is 12.4. The van der Waals surface area contributed by atoms with Gasteiger partial charge in [-0.1, -0.05) is 163 Å². The fraction of sp³-hybridized carbons (Fsp3) is 0.0222. The van der Waals surface area contributed by atoms with Gasteiger partial charge < -0.3 is 0 Å². The molecular formula is C45H28S. The maximum absolute atomic E-state index is 2.44. The van der Waals surface area contributed by atoms with Crippen LogP contribution in [-0.2, 0) is 5.41 Å². The molecule has 1 atom stereocenters. The van der Waals surface area contributed by atoms with Crippen molar-refractivity contribution in [1.82, 2.24) is 0 Å². The van der Waals surface area contributed by atoms with Crippen LogP contribution in [0.1, 0.15) is 22.3 Å². The largest absolute Gasteiger partial charge is 0.0881 e. The summed E-state index contributed by atoms with van der Waals surface area (Å²) in [5, 5.41) is 5.22. The Labute approximate surface area is 273 Å². The molecule has 2 aliphatic rings. The molecule has 0 N–H and O–H groups in total. The van der Waals surface area contributed by atoms with Crippen molar-refractivity contribution in [2.75, 3.05) is 0 Å². The minimum atomic E-state index is -0.421. The summed E-state index contributed by atoms with van der Waals surface area (Å²) in [5.74, 6) is 0. The second-order valence-corrected chi connectivity index (χ2v) is 13.5. The van der Waals surface area contributed by atoms with Crippen molar-refractivity contribution in [2.24, 2.45) is 0 Å². The van der Waals surface area contributed by atoms with Crippen LogP contribution in [0.5, 0.6) is 0 Å². The topological polar surface area (TPSA) is 0 Å². The highest BCUT2D eigenvalue weighted by Gasteiger charge is 2.46. The molecule has 0 bridgehead atoms. The predicted octanol–water partition coefficient (Wildman–Crippen LogP) is 12.2. The number of benzene rings is 8. The Morgan fingerprint density at radius 3 is 1.83 bits per heavy atom. The van der Waals surface area contributed by atoms with Gasteiger partial charge in [-0.3, -0.25) is 0 Å². The quantitative estimate of drug-likeness (QED) is 0.194. The first-order valence-electron chi connectivity index (χ1n) is 15.9. The molecule has 0 spiro atoms. The molecule has 0 amide bonds. The molecule has 0 fully saturated rings. The van der Waals surface area contributed by atoms with Crippen molar-refractivity contribution in [2.45, 2.75) is 15.2 Å². The Morgan fingerprint density at radius 1 is 0.370 bits per heavy atom. The number of rotatable bonds is 3. The van der Waals surface area contributed by atoms with Crippen LogP contribution < -0.4 is 0 Å². The van der Waals surface area contributed by atoms with Gasteiger partial charge in [0.05, 0.1) is 5.41 Å². The zero-order valence-electron chi connectivity index (χ0n) is 25.1. The fourth-order valence-electron chi connectivity index (χ4n) is 8.15. The minimum absolute atomic E-state index is 0.421. The summed E-state index contributed by atoms with van der Waals surface area (Å²) < 4.78 is 0. The van der Waals surface area contributed by atoms with Crippen molar-refractivity contribution in [3.63, 3.8) is 0 Å². The lowest BCUT2D eigenvalue weighted by molar-refractivity contribution is 0.769. The van der Waals surface area contributed by atoms with Crippen LogP contribution in [0.3, 0.4) is 0 Å². The van der Waals surface area contributed by atoms with Crippen molar-refractivity contribution in [3.8, 4) is 33.4 Å². The number of fused-ring (bicyclic) bond motifs is 6. The summed E-state index contributed by atoms with van der Waals surface area (Å²) in [6, 6.07) is 63.3. The van der Waals surface area contributed by atoms with E-state index < -0.39 is 5.41 Å². The lowest BCUT2D eigenvalue weighted by Crippen LogP contribution is -2.28. The molecule has 1 heteroatoms. The van der Waals surface area contributed by atoms with Gasteiger partial charge in [0.1, 0.15) is 0 Å². The molecule has 8 aromatic rings. The fourth-order valence-corrected chi connectivity index (χ4v) is 9.43. The Morgan fingerprint density at radius 2 is 0.978 bits per heavy atom. The Bertz CT molecular complexity index is 2480. The summed E-state index contributed by atoms with van der Waals surface area (Å²) in [6.45, 7) is 0. The van der Waals surface area contributed by atoms with Crippen LogP contribution >= 0.6 is 11.8 Å². The molecule has 0 radical (unpaired) electrons. The van der Waals surface area contributed by atoms with Crippen molar-refractivity contribution < 1.29 is 0 Å². The van der Waals surface area contributed by atoms with Crippen LogP contribution in [0, 0.1) is 0 Å². The third-order valence-electron chi connectivity index (χ3n) is 10.1. The molecule has 8 aromatic carbocycles. The molecule has 0 nitrogen and oxygen atoms in total. The van der Waals surface area contributed by atoms with Gasteiger partial charge in [0.15, 0.2) is 0 Å². The van der Waals surface area contributed by atoms with Crippen LogP contribution in [0.4, 0.5) is 0 Å². The van der Waals surface area contributed by atoms with Crippen LogP contribution in [-0.4, -0.2) is 0 Å². The Balaban J connectivity index is 1.19. The first kappa shape index (κ1) is 25.9. The van der Waals surface area contributed by atoms with E-state index in [0.29, 0.717) is 0 Å². The molecule has 1 heterocycles. The summed E-state index contributed by atoms with van der Waals surface area (Å²) in [7, 11) is 0. The maximum Gasteiger partial charge on any atom is 0.0713 e. The van der Waals surface area contributed by atoms with E-state index >= 15 is 0 Å². The smallest absolute Gasteiger partial charge is 0.0713 e. The van der Waals surface area contributed by atoms with Gasteiger partial charge in [0.2, 0.25) is 0 Å². The molecule has 0 saturated heterocycles. The van der Waals surface area contributed by atoms with Gasteiger partial charge in [-0.2, -0.15) is 0 Å². The normalized spacial score (nSPS) is 15.8. The monoisotopic (exact) mass is 600 g/mol. The average Bonchev–Trinajstić information content (AvgIpc) is 3.41. The molecule has 1 aliphatic heterocycles. The third kappa shape index (κ3) is 3.52. The van der Waals surface area contributed by atoms with Gasteiger partial charge in [-0.25, -0.2) is 0 Å². The van der Waals surface area contributed by atoms with E-state index in [2.05, 4.69) is 170 Å². The van der Waals surface area contributed by atoms with Gasteiger partial charge in [0.25, 0.3) is 0 Å². The predicted molar refractivity (Wildman–Crippen MR) is 194 cm³/mol. The zero-order valence-corrected chi connectivity index (χ0v) is 25.9. The number of hydrogen-bond donors (Lipinski definition) is 0. The molecular weight excluding hydrogens is 573 g/mol. The molecule has 10 rings (SSSR count). The van der Waals surface area contributed by atoms with Gasteiger partial charge in [0, 0.05) is 15.2 Å². The summed E-state index contributed by atoms with van der Waals surface area (Å²) in [6.07, 6.45) is 0. The van der Waals surface area contributed by atoms with E-state index in [1.54, 1.807) is 0 Å². The first-order valence-corrected chi connectivity index (χ1v) is 16.7. The zero-order chi connectivity index (χ0) is 30.2. The summed E-state index contributed by atoms with van der Waals surface area (Å²) in [5.41, 5.74) is 12.7. The van der Waals surface area contributed by atoms with E-state index in [4.69, 9.17) is 0 Å². The standard InChI is InChI=1S/C45H28S/c1-2-15-33(16-3-1)45(40-21-7-6-17-36(40)39-27-31-11-4-5-12-32(31)28-41(39)45)34-25-23-29(24-26-34)35-18-10-20-38-37-19-8-13-30-14-9-22-42(43(30)37)46-44(35)38/h1-28H. The lowest BCUT2D eigenvalue weighted by atomic mass is 9.67. The van der Waals surface area contributed by atoms with Crippen molar-refractivity contribution >= 4 is 33.3 Å². The van der Waals surface area contributed by atoms with Crippen LogP contribution in [0.15, 0.2) is 180 Å². The average molecular weight is 601 g/mol. The van der Waals surface area contributed by atoms with E-state index in [1.807, 2.05) is 11.8 Å². The highest BCUT2D eigenvalue weighted by atomic mass is 32.2. The van der Waals surface area contributed by atoms with Crippen molar-refractivity contribution in [1.29, 1.82) is 0 Å². The molecule has 0 saturated carbocycles. The number of hydrogen-bond acceptors (Lipinski definition) is 1. The van der Waals surface area contributed by atoms with E-state index in [9.17, 15) is 0 Å². The minimum Gasteiger partial charge on any atom is -0.0881 e. The van der Waals surface area contributed by atoms with E-state index in [1.165, 1.54) is 87.0 Å².